The minimum atomic E-state index is -0.468. The summed E-state index contributed by atoms with van der Waals surface area (Å²) in [5, 5.41) is 2.14. The zero-order valence-corrected chi connectivity index (χ0v) is 11.7. The monoisotopic (exact) mass is 291 g/mol. The molecule has 0 N–H and O–H groups in total. The van der Waals surface area contributed by atoms with E-state index in [2.05, 4.69) is 4.98 Å². The van der Waals surface area contributed by atoms with Crippen LogP contribution in [0.4, 0.5) is 0 Å². The van der Waals surface area contributed by atoms with E-state index in [1.807, 2.05) is 6.07 Å². The van der Waals surface area contributed by atoms with Gasteiger partial charge in [0.15, 0.2) is 5.69 Å². The molecule has 0 aliphatic rings. The van der Waals surface area contributed by atoms with Crippen molar-refractivity contribution in [2.75, 3.05) is 6.61 Å². The van der Waals surface area contributed by atoms with E-state index in [1.165, 1.54) is 11.3 Å². The Labute approximate surface area is 120 Å². The van der Waals surface area contributed by atoms with E-state index >= 15 is 0 Å². The molecule has 0 atom stereocenters. The van der Waals surface area contributed by atoms with Crippen molar-refractivity contribution in [2.24, 2.45) is 0 Å². The molecule has 104 valence electrons. The molecule has 2 aromatic rings. The number of carbonyl (C=O) groups is 2. The van der Waals surface area contributed by atoms with Crippen LogP contribution in [0.15, 0.2) is 35.7 Å². The first-order valence-corrected chi connectivity index (χ1v) is 6.92. The van der Waals surface area contributed by atoms with E-state index in [1.54, 1.807) is 36.6 Å². The Balaban J connectivity index is 1.92. The predicted molar refractivity (Wildman–Crippen MR) is 73.6 cm³/mol. The molecule has 5 nitrogen and oxygen atoms in total. The van der Waals surface area contributed by atoms with Crippen LogP contribution in [0, 0.1) is 0 Å². The Hall–Kier alpha value is -2.21. The van der Waals surface area contributed by atoms with Gasteiger partial charge in [0.25, 0.3) is 0 Å². The molecule has 2 rings (SSSR count). The minimum absolute atomic E-state index is 0.0395. The van der Waals surface area contributed by atoms with E-state index in [0.29, 0.717) is 17.2 Å². The van der Waals surface area contributed by atoms with Gasteiger partial charge < -0.3 is 9.47 Å². The average Bonchev–Trinajstić information content (AvgIpc) is 2.95. The van der Waals surface area contributed by atoms with Crippen LogP contribution in [0.3, 0.4) is 0 Å². The second-order valence-electron chi connectivity index (χ2n) is 3.79. The molecule has 0 aliphatic heterocycles. The quantitative estimate of drug-likeness (QED) is 0.792. The summed E-state index contributed by atoms with van der Waals surface area (Å²) in [6, 6.07) is 8.70. The van der Waals surface area contributed by atoms with Gasteiger partial charge in [0.2, 0.25) is 0 Å². The van der Waals surface area contributed by atoms with E-state index in [-0.39, 0.29) is 12.3 Å². The number of aromatic nitrogens is 1. The molecular weight excluding hydrogens is 278 g/mol. The molecule has 0 bridgehead atoms. The number of rotatable bonds is 5. The fourth-order valence-electron chi connectivity index (χ4n) is 1.46. The van der Waals surface area contributed by atoms with Crippen LogP contribution in [0.2, 0.25) is 0 Å². The zero-order valence-electron chi connectivity index (χ0n) is 10.9. The largest absolute Gasteiger partial charge is 0.461 e. The molecule has 0 fully saturated rings. The van der Waals surface area contributed by atoms with Crippen molar-refractivity contribution in [3.63, 3.8) is 0 Å². The number of esters is 2. The van der Waals surface area contributed by atoms with Gasteiger partial charge >= 0.3 is 11.9 Å². The maximum Gasteiger partial charge on any atom is 0.357 e. The molecule has 0 saturated heterocycles. The maximum absolute atomic E-state index is 11.7. The third-order valence-electron chi connectivity index (χ3n) is 2.37. The molecule has 1 aromatic carbocycles. The summed E-state index contributed by atoms with van der Waals surface area (Å²) >= 11 is 1.25. The van der Waals surface area contributed by atoms with Crippen molar-refractivity contribution in [3.05, 3.63) is 52.0 Å². The number of benzene rings is 1. The second-order valence-corrected chi connectivity index (χ2v) is 4.73. The molecule has 0 radical (unpaired) electrons. The Kier molecular flexibility index (Phi) is 4.84. The molecule has 20 heavy (non-hydrogen) atoms. The summed E-state index contributed by atoms with van der Waals surface area (Å²) in [5.41, 5.74) is 0.720. The third-order valence-corrected chi connectivity index (χ3v) is 3.19. The van der Waals surface area contributed by atoms with Gasteiger partial charge in [0.05, 0.1) is 12.2 Å². The molecule has 0 saturated carbocycles. The number of hydrogen-bond donors (Lipinski definition) is 0. The van der Waals surface area contributed by atoms with Crippen LogP contribution in [0.5, 0.6) is 0 Å². The van der Waals surface area contributed by atoms with E-state index in [9.17, 15) is 9.59 Å². The molecule has 0 spiro atoms. The van der Waals surface area contributed by atoms with Crippen LogP contribution < -0.4 is 0 Å². The highest BCUT2D eigenvalue weighted by Crippen LogP contribution is 2.13. The van der Waals surface area contributed by atoms with Crippen LogP contribution >= 0.6 is 11.3 Å². The Morgan fingerprint density at radius 3 is 2.60 bits per heavy atom. The van der Waals surface area contributed by atoms with Gasteiger partial charge in [-0.25, -0.2) is 14.6 Å². The highest BCUT2D eigenvalue weighted by atomic mass is 32.1. The topological polar surface area (TPSA) is 65.5 Å². The van der Waals surface area contributed by atoms with Gasteiger partial charge in [-0.15, -0.1) is 11.3 Å². The van der Waals surface area contributed by atoms with Gasteiger partial charge in [-0.3, -0.25) is 0 Å². The first-order valence-electron chi connectivity index (χ1n) is 6.04. The van der Waals surface area contributed by atoms with Crippen LogP contribution in [0.25, 0.3) is 0 Å². The summed E-state index contributed by atoms with van der Waals surface area (Å²) < 4.78 is 9.96. The lowest BCUT2D eigenvalue weighted by Gasteiger charge is -2.02. The number of hydrogen-bond acceptors (Lipinski definition) is 6. The summed E-state index contributed by atoms with van der Waals surface area (Å²) in [7, 11) is 0. The van der Waals surface area contributed by atoms with Crippen molar-refractivity contribution in [1.29, 1.82) is 0 Å². The van der Waals surface area contributed by atoms with Crippen molar-refractivity contribution >= 4 is 23.3 Å². The van der Waals surface area contributed by atoms with E-state index < -0.39 is 11.9 Å². The third kappa shape index (κ3) is 3.64. The summed E-state index contributed by atoms with van der Waals surface area (Å²) in [6.45, 7) is 2.07. The van der Waals surface area contributed by atoms with Gasteiger partial charge in [-0.05, 0) is 19.1 Å². The molecular formula is C14H13NO4S. The summed E-state index contributed by atoms with van der Waals surface area (Å²) in [5.74, 6) is -0.886. The Morgan fingerprint density at radius 2 is 1.90 bits per heavy atom. The standard InChI is InChI=1S/C14H13NO4S/c1-2-18-14(17)11-9-20-12(15-11)8-19-13(16)10-6-4-3-5-7-10/h3-7,9H,2,8H2,1H3. The van der Waals surface area contributed by atoms with Crippen molar-refractivity contribution < 1.29 is 19.1 Å². The molecule has 0 aliphatic carbocycles. The predicted octanol–water partition coefficient (Wildman–Crippen LogP) is 2.68. The fraction of sp³-hybridized carbons (Fsp3) is 0.214. The first kappa shape index (κ1) is 14.2. The zero-order chi connectivity index (χ0) is 14.4. The number of carbonyl (C=O) groups excluding carboxylic acids is 2. The number of thiazole rings is 1. The summed E-state index contributed by atoms with van der Waals surface area (Å²) in [4.78, 5) is 27.2. The van der Waals surface area contributed by atoms with Gasteiger partial charge in [0.1, 0.15) is 11.6 Å². The second kappa shape index (κ2) is 6.81. The number of ether oxygens (including phenoxy) is 2. The van der Waals surface area contributed by atoms with Gasteiger partial charge in [-0.2, -0.15) is 0 Å². The Morgan fingerprint density at radius 1 is 1.15 bits per heavy atom. The lowest BCUT2D eigenvalue weighted by atomic mass is 10.2. The first-order chi connectivity index (χ1) is 9.70. The smallest absolute Gasteiger partial charge is 0.357 e. The van der Waals surface area contributed by atoms with Gasteiger partial charge in [0, 0.05) is 5.38 Å². The van der Waals surface area contributed by atoms with Crippen molar-refractivity contribution in [1.82, 2.24) is 4.98 Å². The van der Waals surface area contributed by atoms with Crippen LogP contribution in [0.1, 0.15) is 32.8 Å². The van der Waals surface area contributed by atoms with Crippen molar-refractivity contribution in [2.45, 2.75) is 13.5 Å². The normalized spacial score (nSPS) is 10.1. The lowest BCUT2D eigenvalue weighted by Crippen LogP contribution is -2.07. The van der Waals surface area contributed by atoms with Crippen LogP contribution in [-0.4, -0.2) is 23.5 Å². The lowest BCUT2D eigenvalue weighted by molar-refractivity contribution is 0.0472. The van der Waals surface area contributed by atoms with Crippen LogP contribution in [-0.2, 0) is 16.1 Å². The molecule has 0 unspecified atom stereocenters. The molecule has 1 heterocycles. The minimum Gasteiger partial charge on any atom is -0.461 e. The van der Waals surface area contributed by atoms with E-state index in [4.69, 9.17) is 9.47 Å². The van der Waals surface area contributed by atoms with E-state index in [0.717, 1.165) is 0 Å². The Bertz CT molecular complexity index is 594. The summed E-state index contributed by atoms with van der Waals surface area (Å²) in [6.07, 6.45) is 0. The highest BCUT2D eigenvalue weighted by Gasteiger charge is 2.13. The fourth-order valence-corrected chi connectivity index (χ4v) is 2.14. The molecule has 6 heteroatoms. The maximum atomic E-state index is 11.7. The average molecular weight is 291 g/mol. The van der Waals surface area contributed by atoms with Gasteiger partial charge in [-0.1, -0.05) is 18.2 Å². The van der Waals surface area contributed by atoms with Crippen molar-refractivity contribution in [3.8, 4) is 0 Å². The SMILES string of the molecule is CCOC(=O)c1csc(COC(=O)c2ccccc2)n1. The number of nitrogens with zero attached hydrogens (tertiary/aromatic N) is 1. The molecule has 1 aromatic heterocycles. The highest BCUT2D eigenvalue weighted by molar-refractivity contribution is 7.09. The molecule has 0 amide bonds.